The summed E-state index contributed by atoms with van der Waals surface area (Å²) in [5.74, 6) is -4.97. The topological polar surface area (TPSA) is 188 Å². The second-order valence-corrected chi connectivity index (χ2v) is 16.3. The predicted octanol–water partition coefficient (Wildman–Crippen LogP) is -0.882. The molecule has 13 heteroatoms. The van der Waals surface area contributed by atoms with Crippen LogP contribution in [0.5, 0.6) is 0 Å². The fourth-order valence-electron chi connectivity index (χ4n) is 9.91. The van der Waals surface area contributed by atoms with Crippen LogP contribution in [0.1, 0.15) is 107 Å². The molecular formula is C36H63NaO12. The molecule has 5 fully saturated rings. The van der Waals surface area contributed by atoms with Crippen molar-refractivity contribution < 1.29 is 88.7 Å². The van der Waals surface area contributed by atoms with Crippen molar-refractivity contribution in [1.82, 2.24) is 0 Å². The van der Waals surface area contributed by atoms with Crippen LogP contribution < -0.4 is 34.7 Å². The summed E-state index contributed by atoms with van der Waals surface area (Å²) in [6.07, 6.45) is 2.81. The van der Waals surface area contributed by atoms with Gasteiger partial charge in [0.05, 0.1) is 60.5 Å². The molecule has 49 heavy (non-hydrogen) atoms. The Morgan fingerprint density at radius 1 is 1.04 bits per heavy atom. The molecule has 1 spiro atoms. The van der Waals surface area contributed by atoms with Crippen molar-refractivity contribution in [3.63, 3.8) is 0 Å². The van der Waals surface area contributed by atoms with E-state index in [1.165, 1.54) is 7.11 Å². The maximum atomic E-state index is 11.7. The van der Waals surface area contributed by atoms with Crippen molar-refractivity contribution in [2.24, 2.45) is 35.5 Å². The molecule has 0 aromatic heterocycles. The third-order valence-electron chi connectivity index (χ3n) is 13.0. The van der Waals surface area contributed by atoms with E-state index in [-0.39, 0.29) is 89.0 Å². The van der Waals surface area contributed by atoms with Crippen molar-refractivity contribution in [3.8, 4) is 0 Å². The van der Waals surface area contributed by atoms with Crippen molar-refractivity contribution in [1.29, 1.82) is 0 Å². The number of carboxylic acid groups (broad SMARTS) is 1. The van der Waals surface area contributed by atoms with E-state index in [0.717, 1.165) is 32.1 Å². The maximum absolute atomic E-state index is 11.7. The van der Waals surface area contributed by atoms with Gasteiger partial charge in [-0.25, -0.2) is 0 Å². The Kier molecular flexibility index (Phi) is 14.4. The maximum Gasteiger partial charge on any atom is 1.00 e. The first kappa shape index (κ1) is 43.5. The van der Waals surface area contributed by atoms with Gasteiger partial charge in [0.2, 0.25) is 0 Å². The van der Waals surface area contributed by atoms with E-state index >= 15 is 0 Å². The van der Waals surface area contributed by atoms with Gasteiger partial charge >= 0.3 is 29.6 Å². The van der Waals surface area contributed by atoms with Crippen molar-refractivity contribution >= 4 is 5.97 Å². The Labute approximate surface area is 314 Å². The first-order chi connectivity index (χ1) is 22.0. The van der Waals surface area contributed by atoms with Gasteiger partial charge in [0.1, 0.15) is 0 Å². The summed E-state index contributed by atoms with van der Waals surface area (Å²) in [6.45, 7) is 15.4. The molecule has 17 atom stereocenters. The monoisotopic (exact) mass is 710 g/mol. The average molecular weight is 711 g/mol. The third-order valence-corrected chi connectivity index (χ3v) is 13.0. The Balaban J connectivity index is 0.00000325. The van der Waals surface area contributed by atoms with Crippen LogP contribution in [0.15, 0.2) is 0 Å². The second kappa shape index (κ2) is 16.2. The SMILES string of the molecule is CC[C@@]1([C@@H]2O[C@@H]([C@H]3O[C@@](O)(CO)[C@H](C)C[C@@H]3C)C[C@@H]2C)CC[C@H]([C@]2(C)CCC3(C[C@H](O)[C@@H](C)[C@@H]([C@H](C)[C@@H](OC)[C@H](C)C(=O)[O-])O3)O2)O1.O.[Na+]. The van der Waals surface area contributed by atoms with Gasteiger partial charge in [-0.3, -0.25) is 0 Å². The second-order valence-electron chi connectivity index (χ2n) is 16.3. The van der Waals surface area contributed by atoms with E-state index < -0.39 is 59.6 Å². The minimum absolute atomic E-state index is 0. The summed E-state index contributed by atoms with van der Waals surface area (Å²) in [4.78, 5) is 11.7. The summed E-state index contributed by atoms with van der Waals surface area (Å²) in [5.41, 5.74) is -1.16. The van der Waals surface area contributed by atoms with Crippen LogP contribution in [0, 0.1) is 35.5 Å². The number of carboxylic acids is 1. The summed E-state index contributed by atoms with van der Waals surface area (Å²) in [5, 5.41) is 43.9. The normalized spacial score (nSPS) is 48.8. The summed E-state index contributed by atoms with van der Waals surface area (Å²) in [6, 6.07) is 0. The molecule has 0 aromatic rings. The minimum Gasteiger partial charge on any atom is -0.550 e. The zero-order valence-electron chi connectivity index (χ0n) is 31.5. The Bertz CT molecular complexity index is 1120. The van der Waals surface area contributed by atoms with E-state index in [2.05, 4.69) is 27.7 Å². The molecule has 5 aliphatic rings. The minimum atomic E-state index is -1.57. The summed E-state index contributed by atoms with van der Waals surface area (Å²) >= 11 is 0. The van der Waals surface area contributed by atoms with Gasteiger partial charge in [0, 0.05) is 49.6 Å². The number of hydrogen-bond donors (Lipinski definition) is 3. The number of hydrogen-bond acceptors (Lipinski definition) is 11. The Morgan fingerprint density at radius 3 is 2.31 bits per heavy atom. The summed E-state index contributed by atoms with van der Waals surface area (Å²) < 4.78 is 39.3. The van der Waals surface area contributed by atoms with Gasteiger partial charge in [0.25, 0.3) is 0 Å². The molecule has 0 aliphatic carbocycles. The number of carbonyl (C=O) groups excluding carboxylic acids is 1. The largest absolute Gasteiger partial charge is 1.00 e. The molecule has 5 N–H and O–H groups in total. The van der Waals surface area contributed by atoms with Crippen LogP contribution in [0.25, 0.3) is 0 Å². The van der Waals surface area contributed by atoms with E-state index in [1.54, 1.807) is 6.92 Å². The molecule has 0 saturated carbocycles. The molecule has 0 radical (unpaired) electrons. The van der Waals surface area contributed by atoms with Crippen molar-refractivity contribution in [2.75, 3.05) is 13.7 Å². The van der Waals surface area contributed by atoms with Crippen LogP contribution in [0.3, 0.4) is 0 Å². The smallest absolute Gasteiger partial charge is 0.550 e. The van der Waals surface area contributed by atoms with Crippen LogP contribution >= 0.6 is 0 Å². The first-order valence-corrected chi connectivity index (χ1v) is 18.1. The van der Waals surface area contributed by atoms with Gasteiger partial charge in [-0.05, 0) is 57.3 Å². The Morgan fingerprint density at radius 2 is 1.71 bits per heavy atom. The van der Waals surface area contributed by atoms with Gasteiger partial charge in [-0.1, -0.05) is 48.5 Å². The third kappa shape index (κ3) is 7.98. The fourth-order valence-corrected chi connectivity index (χ4v) is 9.91. The molecule has 5 heterocycles. The number of rotatable bonds is 10. The molecule has 280 valence electrons. The van der Waals surface area contributed by atoms with Gasteiger partial charge in [-0.15, -0.1) is 0 Å². The molecule has 12 nitrogen and oxygen atoms in total. The van der Waals surface area contributed by atoms with Crippen molar-refractivity contribution in [2.45, 2.75) is 172 Å². The molecule has 5 aliphatic heterocycles. The summed E-state index contributed by atoms with van der Waals surface area (Å²) in [7, 11) is 1.50. The zero-order chi connectivity index (χ0) is 34.7. The molecule has 0 amide bonds. The van der Waals surface area contributed by atoms with Crippen molar-refractivity contribution in [3.05, 3.63) is 0 Å². The average Bonchev–Trinajstić information content (AvgIpc) is 3.73. The molecule has 0 bridgehead atoms. The van der Waals surface area contributed by atoms with Gasteiger partial charge in [0.15, 0.2) is 11.6 Å². The van der Waals surface area contributed by atoms with Gasteiger partial charge < -0.3 is 59.1 Å². The first-order valence-electron chi connectivity index (χ1n) is 18.1. The quantitative estimate of drug-likeness (QED) is 0.239. The molecular weight excluding hydrogens is 647 g/mol. The number of aliphatic hydroxyl groups is 3. The van der Waals surface area contributed by atoms with E-state index in [1.807, 2.05) is 20.8 Å². The molecule has 5 rings (SSSR count). The number of ether oxygens (including phenoxy) is 6. The number of methoxy groups -OCH3 is 1. The van der Waals surface area contributed by atoms with Crippen LogP contribution in [0.2, 0.25) is 0 Å². The number of aliphatic carboxylic acids is 1. The van der Waals surface area contributed by atoms with Crippen LogP contribution in [-0.2, 0) is 33.2 Å². The molecule has 0 aromatic carbocycles. The van der Waals surface area contributed by atoms with E-state index in [4.69, 9.17) is 28.4 Å². The molecule has 5 saturated heterocycles. The van der Waals surface area contributed by atoms with Gasteiger partial charge in [-0.2, -0.15) is 0 Å². The number of carbonyl (C=O) groups is 1. The van der Waals surface area contributed by atoms with Crippen LogP contribution in [0.4, 0.5) is 0 Å². The molecule has 1 unspecified atom stereocenters. The van der Waals surface area contributed by atoms with E-state index in [9.17, 15) is 25.2 Å². The predicted molar refractivity (Wildman–Crippen MR) is 173 cm³/mol. The van der Waals surface area contributed by atoms with Crippen LogP contribution in [-0.4, -0.2) is 106 Å². The Hall–Kier alpha value is 0.0700. The fraction of sp³-hybridized carbons (Fsp3) is 0.972. The number of aliphatic hydroxyl groups excluding tert-OH is 2. The van der Waals surface area contributed by atoms with E-state index in [0.29, 0.717) is 19.3 Å². The zero-order valence-corrected chi connectivity index (χ0v) is 33.5. The standard InChI is InChI=1S/C36H62O11.Na.H2O/c1-10-34(31-20(3)16-26(43-31)28-19(2)15-21(4)36(41,18-37)46-28)12-11-27(44-34)33(8)13-14-35(47-33)17-25(38)22(5)30(45-35)23(6)29(42-9)24(7)32(39)40;;/h19-31,37-38,41H,10-18H2,1-9H3,(H,39,40);;1H2/q;+1;/p-1/t19-,20-,21+,22+,23+,24-,25-,26+,27+,28-,29+,30-,31+,33-,34-,35?,36-;;/m0../s1.